The van der Waals surface area contributed by atoms with Crippen molar-refractivity contribution in [3.63, 3.8) is 0 Å². The molecule has 2 N–H and O–H groups in total. The second-order valence-electron chi connectivity index (χ2n) is 8.70. The molecule has 1 unspecified atom stereocenters. The lowest BCUT2D eigenvalue weighted by molar-refractivity contribution is -0.245. The summed E-state index contributed by atoms with van der Waals surface area (Å²) in [6, 6.07) is 20.8. The standard InChI is InChI=1S/C28H30N2O6S/c1-18(34-19(2)32)27(33)30-23-7-5-6-22(14-23)28-35-24(17-37-26-8-3-4-13-29-26)15-25(36-28)21-11-9-20(16-31)10-12-21/h3-14,18,24-25,28,31H,15-17H2,1-2H3,(H,30,33)/t18-,24-,25+,28?/m0/s1. The Balaban J connectivity index is 1.51. The minimum Gasteiger partial charge on any atom is -0.453 e. The van der Waals surface area contributed by atoms with Gasteiger partial charge in [0.2, 0.25) is 0 Å². The number of nitrogens with zero attached hydrogens (tertiary/aromatic N) is 1. The maximum atomic E-state index is 12.4. The maximum absolute atomic E-state index is 12.4. The van der Waals surface area contributed by atoms with Crippen LogP contribution >= 0.6 is 11.8 Å². The summed E-state index contributed by atoms with van der Waals surface area (Å²) in [6.45, 7) is 2.76. The van der Waals surface area contributed by atoms with Gasteiger partial charge < -0.3 is 24.6 Å². The van der Waals surface area contributed by atoms with E-state index in [1.165, 1.54) is 13.8 Å². The summed E-state index contributed by atoms with van der Waals surface area (Å²) >= 11 is 1.62. The molecule has 2 heterocycles. The minimum absolute atomic E-state index is 0.0184. The van der Waals surface area contributed by atoms with Crippen molar-refractivity contribution >= 4 is 29.3 Å². The Morgan fingerprint density at radius 1 is 1.11 bits per heavy atom. The molecule has 1 fully saturated rings. The summed E-state index contributed by atoms with van der Waals surface area (Å²) < 4.78 is 17.7. The molecule has 1 aromatic heterocycles. The van der Waals surface area contributed by atoms with Crippen LogP contribution in [-0.4, -0.2) is 39.9 Å². The van der Waals surface area contributed by atoms with E-state index in [0.717, 1.165) is 21.7 Å². The number of anilines is 1. The highest BCUT2D eigenvalue weighted by atomic mass is 32.2. The van der Waals surface area contributed by atoms with Crippen LogP contribution in [0.1, 0.15) is 49.4 Å². The lowest BCUT2D eigenvalue weighted by Gasteiger charge is -2.36. The summed E-state index contributed by atoms with van der Waals surface area (Å²) in [4.78, 5) is 28.0. The van der Waals surface area contributed by atoms with Crippen molar-refractivity contribution in [2.75, 3.05) is 11.1 Å². The molecule has 8 nitrogen and oxygen atoms in total. The number of rotatable bonds is 9. The van der Waals surface area contributed by atoms with E-state index in [2.05, 4.69) is 10.3 Å². The topological polar surface area (TPSA) is 107 Å². The van der Waals surface area contributed by atoms with Gasteiger partial charge in [0.15, 0.2) is 12.4 Å². The minimum atomic E-state index is -0.914. The highest BCUT2D eigenvalue weighted by molar-refractivity contribution is 7.99. The molecule has 3 aromatic rings. The third-order valence-corrected chi connectivity index (χ3v) is 6.88. The number of ether oxygens (including phenoxy) is 3. The molecular weight excluding hydrogens is 492 g/mol. The van der Waals surface area contributed by atoms with Crippen LogP contribution in [0.2, 0.25) is 0 Å². The molecule has 4 atom stereocenters. The predicted octanol–water partition coefficient (Wildman–Crippen LogP) is 4.80. The molecule has 2 aromatic carbocycles. The van der Waals surface area contributed by atoms with Crippen LogP contribution in [-0.2, 0) is 30.4 Å². The number of thioether (sulfide) groups is 1. The number of carbonyl (C=O) groups is 2. The normalized spacial score (nSPS) is 20.1. The zero-order valence-corrected chi connectivity index (χ0v) is 21.5. The van der Waals surface area contributed by atoms with Crippen molar-refractivity contribution in [1.82, 2.24) is 4.98 Å². The first-order chi connectivity index (χ1) is 17.9. The number of hydrogen-bond acceptors (Lipinski definition) is 8. The number of carbonyl (C=O) groups excluding carboxylic acids is 2. The molecule has 1 aliphatic rings. The van der Waals surface area contributed by atoms with Crippen LogP contribution in [0.15, 0.2) is 78.0 Å². The van der Waals surface area contributed by atoms with Gasteiger partial charge in [-0.15, -0.1) is 11.8 Å². The number of esters is 1. The first-order valence-corrected chi connectivity index (χ1v) is 13.0. The summed E-state index contributed by atoms with van der Waals surface area (Å²) in [5.41, 5.74) is 3.13. The molecule has 1 saturated heterocycles. The molecule has 4 rings (SSSR count). The Morgan fingerprint density at radius 3 is 2.62 bits per heavy atom. The third kappa shape index (κ3) is 7.62. The zero-order valence-electron chi connectivity index (χ0n) is 20.7. The van der Waals surface area contributed by atoms with Gasteiger partial charge in [-0.1, -0.05) is 42.5 Å². The lowest BCUT2D eigenvalue weighted by atomic mass is 10.0. The smallest absolute Gasteiger partial charge is 0.303 e. The average molecular weight is 523 g/mol. The Labute approximate surface area is 220 Å². The van der Waals surface area contributed by atoms with E-state index >= 15 is 0 Å². The molecule has 0 spiro atoms. The first-order valence-electron chi connectivity index (χ1n) is 12.0. The first kappa shape index (κ1) is 26.8. The lowest BCUT2D eigenvalue weighted by Crippen LogP contribution is -2.31. The van der Waals surface area contributed by atoms with Crippen LogP contribution in [0.5, 0.6) is 0 Å². The van der Waals surface area contributed by atoms with Gasteiger partial charge in [0.05, 0.1) is 23.8 Å². The van der Waals surface area contributed by atoms with Crippen LogP contribution < -0.4 is 5.32 Å². The van der Waals surface area contributed by atoms with Crippen molar-refractivity contribution in [3.8, 4) is 0 Å². The third-order valence-electron chi connectivity index (χ3n) is 5.81. The van der Waals surface area contributed by atoms with E-state index in [0.29, 0.717) is 17.9 Å². The molecule has 37 heavy (non-hydrogen) atoms. The highest BCUT2D eigenvalue weighted by Gasteiger charge is 2.32. The van der Waals surface area contributed by atoms with Crippen molar-refractivity contribution in [2.24, 2.45) is 0 Å². The van der Waals surface area contributed by atoms with E-state index in [-0.39, 0.29) is 18.8 Å². The van der Waals surface area contributed by atoms with Gasteiger partial charge in [0, 0.05) is 36.5 Å². The van der Waals surface area contributed by atoms with E-state index in [1.54, 1.807) is 30.1 Å². The number of benzene rings is 2. The second-order valence-corrected chi connectivity index (χ2v) is 9.74. The average Bonchev–Trinajstić information content (AvgIpc) is 2.92. The van der Waals surface area contributed by atoms with E-state index in [1.807, 2.05) is 54.6 Å². The highest BCUT2D eigenvalue weighted by Crippen LogP contribution is 2.39. The number of aromatic nitrogens is 1. The molecule has 1 amide bonds. The number of amides is 1. The van der Waals surface area contributed by atoms with Crippen molar-refractivity contribution in [3.05, 3.63) is 89.6 Å². The van der Waals surface area contributed by atoms with E-state index in [9.17, 15) is 14.7 Å². The number of hydrogen-bond donors (Lipinski definition) is 2. The summed E-state index contributed by atoms with van der Waals surface area (Å²) in [6.07, 6.45) is 0.517. The van der Waals surface area contributed by atoms with Crippen LogP contribution in [0.4, 0.5) is 5.69 Å². The Hall–Kier alpha value is -3.24. The fourth-order valence-electron chi connectivity index (χ4n) is 3.94. The van der Waals surface area contributed by atoms with Crippen LogP contribution in [0.25, 0.3) is 0 Å². The monoisotopic (exact) mass is 522 g/mol. The number of nitrogens with one attached hydrogen (secondary N) is 1. The summed E-state index contributed by atoms with van der Waals surface area (Å²) in [7, 11) is 0. The van der Waals surface area contributed by atoms with Gasteiger partial charge in [-0.3, -0.25) is 9.59 Å². The van der Waals surface area contributed by atoms with Gasteiger partial charge in [0.1, 0.15) is 0 Å². The van der Waals surface area contributed by atoms with Gasteiger partial charge in [-0.05, 0) is 42.3 Å². The van der Waals surface area contributed by atoms with Crippen LogP contribution in [0.3, 0.4) is 0 Å². The largest absolute Gasteiger partial charge is 0.453 e. The number of aliphatic hydroxyl groups is 1. The zero-order chi connectivity index (χ0) is 26.2. The van der Waals surface area contributed by atoms with Crippen LogP contribution in [0, 0.1) is 0 Å². The Kier molecular flexibility index (Phi) is 9.29. The fraction of sp³-hybridized carbons (Fsp3) is 0.321. The molecule has 0 bridgehead atoms. The number of pyridine rings is 1. The van der Waals surface area contributed by atoms with Gasteiger partial charge in [0.25, 0.3) is 5.91 Å². The van der Waals surface area contributed by atoms with Gasteiger partial charge in [-0.2, -0.15) is 0 Å². The van der Waals surface area contributed by atoms with Crippen molar-refractivity contribution in [2.45, 2.75) is 56.5 Å². The number of aliphatic hydroxyl groups excluding tert-OH is 1. The molecule has 9 heteroatoms. The molecular formula is C28H30N2O6S. The molecule has 194 valence electrons. The molecule has 1 aliphatic heterocycles. The maximum Gasteiger partial charge on any atom is 0.303 e. The molecule has 0 saturated carbocycles. The second kappa shape index (κ2) is 12.8. The quantitative estimate of drug-likeness (QED) is 0.305. The van der Waals surface area contributed by atoms with E-state index < -0.39 is 24.3 Å². The van der Waals surface area contributed by atoms with E-state index in [4.69, 9.17) is 14.2 Å². The fourth-order valence-corrected chi connectivity index (χ4v) is 4.82. The Morgan fingerprint density at radius 2 is 1.92 bits per heavy atom. The molecule has 0 aliphatic carbocycles. The van der Waals surface area contributed by atoms with Crippen molar-refractivity contribution in [1.29, 1.82) is 0 Å². The Bertz CT molecular complexity index is 1190. The molecule has 0 radical (unpaired) electrons. The summed E-state index contributed by atoms with van der Waals surface area (Å²) in [5.74, 6) is -0.254. The SMILES string of the molecule is CC(=O)O[C@@H](C)C(=O)Nc1cccc(C2O[C@H](CSc3ccccn3)C[C@H](c3ccc(CO)cc3)O2)c1. The predicted molar refractivity (Wildman–Crippen MR) is 140 cm³/mol. The van der Waals surface area contributed by atoms with Gasteiger partial charge in [-0.25, -0.2) is 4.98 Å². The summed E-state index contributed by atoms with van der Waals surface area (Å²) in [5, 5.41) is 13.1. The van der Waals surface area contributed by atoms with Crippen molar-refractivity contribution < 1.29 is 28.9 Å². The van der Waals surface area contributed by atoms with Gasteiger partial charge >= 0.3 is 5.97 Å².